The van der Waals surface area contributed by atoms with Crippen molar-refractivity contribution < 1.29 is 4.79 Å². The highest BCUT2D eigenvalue weighted by atomic mass is 35.5. The number of rotatable bonds is 4. The van der Waals surface area contributed by atoms with Crippen LogP contribution in [0.3, 0.4) is 0 Å². The van der Waals surface area contributed by atoms with Crippen molar-refractivity contribution in [2.75, 3.05) is 10.6 Å². The largest absolute Gasteiger partial charge is 0.323 e. The van der Waals surface area contributed by atoms with E-state index in [1.807, 2.05) is 18.2 Å². The van der Waals surface area contributed by atoms with Crippen LogP contribution in [0, 0.1) is 0 Å². The van der Waals surface area contributed by atoms with Crippen molar-refractivity contribution in [3.05, 3.63) is 92.8 Å². The van der Waals surface area contributed by atoms with Crippen molar-refractivity contribution >= 4 is 40.6 Å². The van der Waals surface area contributed by atoms with E-state index in [1.54, 1.807) is 42.6 Å². The van der Waals surface area contributed by atoms with Gasteiger partial charge >= 0.3 is 6.03 Å². The van der Waals surface area contributed by atoms with Gasteiger partial charge in [0.2, 0.25) is 0 Å². The predicted molar refractivity (Wildman–Crippen MR) is 105 cm³/mol. The number of amides is 2. The van der Waals surface area contributed by atoms with E-state index in [0.29, 0.717) is 22.3 Å². The van der Waals surface area contributed by atoms with Crippen molar-refractivity contribution in [2.24, 2.45) is 0 Å². The minimum Gasteiger partial charge on any atom is -0.309 e. The number of hydrogen-bond acceptors (Lipinski definition) is 2. The second-order valence-corrected chi connectivity index (χ2v) is 6.32. The third-order valence-corrected chi connectivity index (χ3v) is 4.39. The van der Waals surface area contributed by atoms with Crippen LogP contribution in [0.2, 0.25) is 10.0 Å². The summed E-state index contributed by atoms with van der Waals surface area (Å²) >= 11 is 12.2. The molecule has 0 aliphatic heterocycles. The maximum Gasteiger partial charge on any atom is 0.323 e. The van der Waals surface area contributed by atoms with Gasteiger partial charge in [0, 0.05) is 11.2 Å². The lowest BCUT2D eigenvalue weighted by molar-refractivity contribution is 0.262. The van der Waals surface area contributed by atoms with E-state index in [0.717, 1.165) is 5.56 Å². The number of benzene rings is 2. The van der Waals surface area contributed by atoms with E-state index < -0.39 is 6.03 Å². The van der Waals surface area contributed by atoms with E-state index in [4.69, 9.17) is 23.2 Å². The molecule has 0 fully saturated rings. The molecule has 7 heteroatoms. The summed E-state index contributed by atoms with van der Waals surface area (Å²) in [7, 11) is 0. The van der Waals surface area contributed by atoms with E-state index >= 15 is 0 Å². The summed E-state index contributed by atoms with van der Waals surface area (Å²) in [6, 6.07) is 16.8. The van der Waals surface area contributed by atoms with Gasteiger partial charge in [-0.2, -0.15) is 0 Å². The second-order valence-electron chi connectivity index (χ2n) is 5.51. The van der Waals surface area contributed by atoms with Gasteiger partial charge in [0.15, 0.2) is 0 Å². The Morgan fingerprint density at radius 3 is 2.19 bits per heavy atom. The van der Waals surface area contributed by atoms with Crippen molar-refractivity contribution in [3.63, 3.8) is 0 Å². The molecule has 0 spiro atoms. The van der Waals surface area contributed by atoms with Gasteiger partial charge in [-0.05, 0) is 35.9 Å². The number of carbonyl (C=O) groups excluding carboxylic acids is 1. The van der Waals surface area contributed by atoms with Gasteiger partial charge in [-0.1, -0.05) is 53.5 Å². The fourth-order valence-corrected chi connectivity index (χ4v) is 2.78. The molecule has 0 bridgehead atoms. The number of aromatic nitrogens is 1. The molecule has 3 aromatic rings. The summed E-state index contributed by atoms with van der Waals surface area (Å²) < 4.78 is 1.48. The monoisotopic (exact) mass is 387 g/mol. The zero-order valence-corrected chi connectivity index (χ0v) is 15.1. The first-order chi connectivity index (χ1) is 12.5. The first-order valence-corrected chi connectivity index (χ1v) is 8.55. The molecule has 132 valence electrons. The quantitative estimate of drug-likeness (QED) is 0.671. The van der Waals surface area contributed by atoms with E-state index in [1.165, 1.54) is 10.6 Å². The Bertz CT molecular complexity index is 1000. The second kappa shape index (κ2) is 8.08. The van der Waals surface area contributed by atoms with Crippen LogP contribution in [-0.4, -0.2) is 10.6 Å². The summed E-state index contributed by atoms with van der Waals surface area (Å²) in [4.78, 5) is 24.8. The molecule has 2 amide bonds. The number of nitrogens with zero attached hydrogens (tertiary/aromatic N) is 1. The number of hydrogen-bond donors (Lipinski definition) is 2. The van der Waals surface area contributed by atoms with Gasteiger partial charge < -0.3 is 15.2 Å². The van der Waals surface area contributed by atoms with Crippen molar-refractivity contribution in [1.29, 1.82) is 0 Å². The van der Waals surface area contributed by atoms with Gasteiger partial charge in [-0.3, -0.25) is 4.79 Å². The number of para-hydroxylation sites is 1. The van der Waals surface area contributed by atoms with Gasteiger partial charge in [-0.25, -0.2) is 4.79 Å². The number of pyridine rings is 1. The third kappa shape index (κ3) is 4.25. The van der Waals surface area contributed by atoms with Crippen molar-refractivity contribution in [3.8, 4) is 0 Å². The summed E-state index contributed by atoms with van der Waals surface area (Å²) in [5, 5.41) is 6.15. The zero-order chi connectivity index (χ0) is 18.5. The maximum absolute atomic E-state index is 12.6. The Morgan fingerprint density at radius 1 is 0.846 bits per heavy atom. The fourth-order valence-electron chi connectivity index (χ4n) is 2.41. The van der Waals surface area contributed by atoms with Crippen molar-refractivity contribution in [1.82, 2.24) is 4.57 Å². The van der Waals surface area contributed by atoms with Crippen LogP contribution in [0.25, 0.3) is 0 Å². The summed E-state index contributed by atoms with van der Waals surface area (Å²) in [5.74, 6) is 0. The Balaban J connectivity index is 1.77. The van der Waals surface area contributed by atoms with Crippen molar-refractivity contribution in [2.45, 2.75) is 6.54 Å². The van der Waals surface area contributed by atoms with Crippen LogP contribution in [0.1, 0.15) is 5.56 Å². The Hall–Kier alpha value is -2.76. The lowest BCUT2D eigenvalue weighted by Crippen LogP contribution is -2.28. The standard InChI is InChI=1S/C19H15Cl2N3O2/c20-14-7-2-1-6-13(14)12-24-11-5-10-17(18(24)25)23-19(26)22-16-9-4-3-8-15(16)21/h1-11H,12H2,(H2,22,23,26). The van der Waals surface area contributed by atoms with Crippen LogP contribution < -0.4 is 16.2 Å². The third-order valence-electron chi connectivity index (χ3n) is 3.69. The molecule has 1 heterocycles. The Labute approximate surface area is 160 Å². The molecule has 0 saturated carbocycles. The van der Waals surface area contributed by atoms with E-state index in [-0.39, 0.29) is 11.2 Å². The summed E-state index contributed by atoms with van der Waals surface area (Å²) in [5.41, 5.74) is 1.10. The molecule has 2 aromatic carbocycles. The van der Waals surface area contributed by atoms with Crippen LogP contribution >= 0.6 is 23.2 Å². The highest BCUT2D eigenvalue weighted by Crippen LogP contribution is 2.20. The van der Waals surface area contributed by atoms with Crippen LogP contribution in [0.4, 0.5) is 16.2 Å². The topological polar surface area (TPSA) is 63.1 Å². The highest BCUT2D eigenvalue weighted by molar-refractivity contribution is 6.33. The average molecular weight is 388 g/mol. The van der Waals surface area contributed by atoms with Gasteiger partial charge in [-0.15, -0.1) is 0 Å². The Kier molecular flexibility index (Phi) is 5.61. The minimum atomic E-state index is -0.550. The number of urea groups is 1. The summed E-state index contributed by atoms with van der Waals surface area (Å²) in [6.07, 6.45) is 1.64. The number of nitrogens with one attached hydrogen (secondary N) is 2. The molecule has 0 unspecified atom stereocenters. The predicted octanol–water partition coefficient (Wildman–Crippen LogP) is 4.85. The molecular weight excluding hydrogens is 373 g/mol. The summed E-state index contributed by atoms with van der Waals surface area (Å²) in [6.45, 7) is 0.306. The molecule has 0 aliphatic rings. The molecular formula is C19H15Cl2N3O2. The van der Waals surface area contributed by atoms with E-state index in [2.05, 4.69) is 10.6 Å². The molecule has 5 nitrogen and oxygen atoms in total. The van der Waals surface area contributed by atoms with Gasteiger partial charge in [0.25, 0.3) is 5.56 Å². The smallest absolute Gasteiger partial charge is 0.309 e. The number of halogens is 2. The molecule has 1 aromatic heterocycles. The molecule has 0 atom stereocenters. The lowest BCUT2D eigenvalue weighted by atomic mass is 10.2. The molecule has 0 radical (unpaired) electrons. The molecule has 2 N–H and O–H groups in total. The van der Waals surface area contributed by atoms with Crippen LogP contribution in [-0.2, 0) is 6.54 Å². The van der Waals surface area contributed by atoms with Gasteiger partial charge in [0.05, 0.1) is 17.3 Å². The molecule has 3 rings (SSSR count). The SMILES string of the molecule is O=C(Nc1ccccc1Cl)Nc1cccn(Cc2ccccc2Cl)c1=O. The normalized spacial score (nSPS) is 10.4. The first kappa shape index (κ1) is 18.0. The van der Waals surface area contributed by atoms with Crippen LogP contribution in [0.15, 0.2) is 71.7 Å². The minimum absolute atomic E-state index is 0.157. The highest BCUT2D eigenvalue weighted by Gasteiger charge is 2.10. The lowest BCUT2D eigenvalue weighted by Gasteiger charge is -2.11. The molecule has 0 aliphatic carbocycles. The van der Waals surface area contributed by atoms with Crippen LogP contribution in [0.5, 0.6) is 0 Å². The fraction of sp³-hybridized carbons (Fsp3) is 0.0526. The maximum atomic E-state index is 12.6. The molecule has 26 heavy (non-hydrogen) atoms. The van der Waals surface area contributed by atoms with Gasteiger partial charge in [0.1, 0.15) is 5.69 Å². The molecule has 0 saturated heterocycles. The zero-order valence-electron chi connectivity index (χ0n) is 13.6. The number of carbonyl (C=O) groups is 1. The Morgan fingerprint density at radius 2 is 1.46 bits per heavy atom. The average Bonchev–Trinajstić information content (AvgIpc) is 2.62. The van der Waals surface area contributed by atoms with E-state index in [9.17, 15) is 9.59 Å². The first-order valence-electron chi connectivity index (χ1n) is 7.80. The number of anilines is 2.